The highest BCUT2D eigenvalue weighted by Crippen LogP contribution is 2.37. The minimum absolute atomic E-state index is 0.400. The minimum atomic E-state index is 0.400. The van der Waals surface area contributed by atoms with Crippen LogP contribution < -0.4 is 4.90 Å². The Morgan fingerprint density at radius 2 is 2.06 bits per heavy atom. The number of rotatable bonds is 2. The van der Waals surface area contributed by atoms with Crippen LogP contribution in [0.15, 0.2) is 0 Å². The van der Waals surface area contributed by atoms with Gasteiger partial charge in [-0.3, -0.25) is 4.68 Å². The van der Waals surface area contributed by atoms with Gasteiger partial charge in [-0.05, 0) is 24.7 Å². The van der Waals surface area contributed by atoms with E-state index in [1.165, 1.54) is 17.8 Å². The Kier molecular flexibility index (Phi) is 3.77. The van der Waals surface area contributed by atoms with Crippen LogP contribution in [0.25, 0.3) is 0 Å². The third-order valence-corrected chi connectivity index (χ3v) is 4.72. The zero-order valence-corrected chi connectivity index (χ0v) is 13.7. The Morgan fingerprint density at radius 1 is 1.39 bits per heavy atom. The molecule has 0 aliphatic carbocycles. The van der Waals surface area contributed by atoms with Crippen molar-refractivity contribution in [2.75, 3.05) is 18.0 Å². The molecule has 2 rings (SSSR count). The largest absolute Gasteiger partial charge is 0.356 e. The molecule has 1 unspecified atom stereocenters. The molecule has 3 nitrogen and oxygen atoms in total. The highest BCUT2D eigenvalue weighted by molar-refractivity contribution is 9.08. The van der Waals surface area contributed by atoms with Crippen LogP contribution in [0.2, 0.25) is 0 Å². The molecule has 0 aromatic carbocycles. The lowest BCUT2D eigenvalue weighted by Gasteiger charge is -2.27. The Bertz CT molecular complexity index is 431. The van der Waals surface area contributed by atoms with Crippen molar-refractivity contribution in [2.24, 2.45) is 18.4 Å². The number of anilines is 1. The predicted octanol–water partition coefficient (Wildman–Crippen LogP) is 3.50. The highest BCUT2D eigenvalue weighted by Gasteiger charge is 2.33. The van der Waals surface area contributed by atoms with Crippen LogP contribution in [-0.4, -0.2) is 22.9 Å². The number of aryl methyl sites for hydroxylation is 2. The molecule has 1 atom stereocenters. The van der Waals surface area contributed by atoms with Gasteiger partial charge in [0, 0.05) is 31.0 Å². The lowest BCUT2D eigenvalue weighted by Crippen LogP contribution is -2.27. The number of hydrogen-bond acceptors (Lipinski definition) is 2. The summed E-state index contributed by atoms with van der Waals surface area (Å²) in [6.45, 7) is 11.4. The van der Waals surface area contributed by atoms with Gasteiger partial charge in [-0.25, -0.2) is 0 Å². The van der Waals surface area contributed by atoms with Crippen LogP contribution in [0.1, 0.15) is 38.4 Å². The van der Waals surface area contributed by atoms with E-state index in [4.69, 9.17) is 0 Å². The van der Waals surface area contributed by atoms with Gasteiger partial charge in [0.25, 0.3) is 0 Å². The van der Waals surface area contributed by atoms with Gasteiger partial charge >= 0.3 is 0 Å². The maximum Gasteiger partial charge on any atom is 0.130 e. The molecule has 1 aromatic rings. The van der Waals surface area contributed by atoms with E-state index in [1.807, 2.05) is 4.68 Å². The summed E-state index contributed by atoms with van der Waals surface area (Å²) in [6, 6.07) is 0. The number of alkyl halides is 1. The van der Waals surface area contributed by atoms with E-state index in [9.17, 15) is 0 Å². The van der Waals surface area contributed by atoms with E-state index in [0.29, 0.717) is 5.41 Å². The van der Waals surface area contributed by atoms with Gasteiger partial charge in [-0.15, -0.1) is 0 Å². The third-order valence-electron chi connectivity index (χ3n) is 4.16. The molecular weight excluding hydrogens is 290 g/mol. The van der Waals surface area contributed by atoms with Gasteiger partial charge in [0.15, 0.2) is 0 Å². The first kappa shape index (κ1) is 13.9. The van der Waals surface area contributed by atoms with Gasteiger partial charge < -0.3 is 4.90 Å². The quantitative estimate of drug-likeness (QED) is 0.779. The molecule has 1 fully saturated rings. The summed E-state index contributed by atoms with van der Waals surface area (Å²) < 4.78 is 2.04. The van der Waals surface area contributed by atoms with Crippen LogP contribution in [0.5, 0.6) is 0 Å². The van der Waals surface area contributed by atoms with E-state index >= 15 is 0 Å². The fourth-order valence-electron chi connectivity index (χ4n) is 2.90. The normalized spacial score (nSPS) is 20.8. The molecule has 0 spiro atoms. The monoisotopic (exact) mass is 313 g/mol. The molecule has 1 saturated heterocycles. The van der Waals surface area contributed by atoms with Crippen molar-refractivity contribution in [1.29, 1.82) is 0 Å². The molecule has 102 valence electrons. The van der Waals surface area contributed by atoms with Gasteiger partial charge in [0.2, 0.25) is 0 Å². The molecule has 4 heteroatoms. The standard InChI is InChI=1S/C14H24BrN3/c1-10-12(8-15)13(17(5)16-10)18-7-6-11(9-18)14(2,3)4/h11H,6-9H2,1-5H3. The van der Waals surface area contributed by atoms with Crippen LogP contribution >= 0.6 is 15.9 Å². The summed E-state index contributed by atoms with van der Waals surface area (Å²) in [6.07, 6.45) is 1.29. The first-order valence-corrected chi connectivity index (χ1v) is 7.80. The third kappa shape index (κ3) is 2.44. The van der Waals surface area contributed by atoms with Gasteiger partial charge in [-0.2, -0.15) is 5.10 Å². The Morgan fingerprint density at radius 3 is 2.56 bits per heavy atom. The first-order valence-electron chi connectivity index (χ1n) is 6.68. The Balaban J connectivity index is 2.24. The van der Waals surface area contributed by atoms with Gasteiger partial charge in [0.05, 0.1) is 5.69 Å². The Labute approximate surface area is 119 Å². The van der Waals surface area contributed by atoms with Crippen LogP contribution in [-0.2, 0) is 12.4 Å². The lowest BCUT2D eigenvalue weighted by molar-refractivity contribution is 0.263. The first-order chi connectivity index (χ1) is 8.34. The zero-order valence-electron chi connectivity index (χ0n) is 12.1. The summed E-state index contributed by atoms with van der Waals surface area (Å²) in [5, 5.41) is 5.45. The van der Waals surface area contributed by atoms with Gasteiger partial charge in [0.1, 0.15) is 5.82 Å². The van der Waals surface area contributed by atoms with E-state index in [-0.39, 0.29) is 0 Å². The van der Waals surface area contributed by atoms with E-state index in [2.05, 4.69) is 60.7 Å². The van der Waals surface area contributed by atoms with E-state index < -0.39 is 0 Å². The number of nitrogens with zero attached hydrogens (tertiary/aromatic N) is 3. The average Bonchev–Trinajstić information content (AvgIpc) is 2.81. The summed E-state index contributed by atoms with van der Waals surface area (Å²) in [5.74, 6) is 2.08. The summed E-state index contributed by atoms with van der Waals surface area (Å²) >= 11 is 3.59. The number of halogens is 1. The van der Waals surface area contributed by atoms with Crippen molar-refractivity contribution in [2.45, 2.75) is 39.4 Å². The van der Waals surface area contributed by atoms with Crippen molar-refractivity contribution in [3.05, 3.63) is 11.3 Å². The fourth-order valence-corrected chi connectivity index (χ4v) is 3.56. The molecule has 1 aliphatic heterocycles. The highest BCUT2D eigenvalue weighted by atomic mass is 79.9. The van der Waals surface area contributed by atoms with Crippen molar-refractivity contribution >= 4 is 21.7 Å². The van der Waals surface area contributed by atoms with Crippen molar-refractivity contribution < 1.29 is 0 Å². The maximum atomic E-state index is 4.56. The van der Waals surface area contributed by atoms with E-state index in [0.717, 1.165) is 30.0 Å². The second-order valence-electron chi connectivity index (χ2n) is 6.44. The van der Waals surface area contributed by atoms with Crippen molar-refractivity contribution in [3.63, 3.8) is 0 Å². The van der Waals surface area contributed by atoms with Crippen molar-refractivity contribution in [3.8, 4) is 0 Å². The molecule has 0 radical (unpaired) electrons. The zero-order chi connectivity index (χ0) is 13.5. The van der Waals surface area contributed by atoms with Crippen molar-refractivity contribution in [1.82, 2.24) is 9.78 Å². The SMILES string of the molecule is Cc1nn(C)c(N2CCC(C(C)(C)C)C2)c1CBr. The average molecular weight is 314 g/mol. The molecule has 0 saturated carbocycles. The molecule has 2 heterocycles. The number of hydrogen-bond donors (Lipinski definition) is 0. The lowest BCUT2D eigenvalue weighted by atomic mass is 9.80. The molecule has 18 heavy (non-hydrogen) atoms. The van der Waals surface area contributed by atoms with Gasteiger partial charge in [-0.1, -0.05) is 36.7 Å². The van der Waals surface area contributed by atoms with Crippen LogP contribution in [0.4, 0.5) is 5.82 Å². The fraction of sp³-hybridized carbons (Fsp3) is 0.786. The maximum absolute atomic E-state index is 4.56. The Hall–Kier alpha value is -0.510. The molecular formula is C14H24BrN3. The minimum Gasteiger partial charge on any atom is -0.356 e. The summed E-state index contributed by atoms with van der Waals surface area (Å²) in [7, 11) is 2.05. The smallest absolute Gasteiger partial charge is 0.130 e. The summed E-state index contributed by atoms with van der Waals surface area (Å²) in [4.78, 5) is 2.51. The second-order valence-corrected chi connectivity index (χ2v) is 7.00. The topological polar surface area (TPSA) is 21.1 Å². The predicted molar refractivity (Wildman–Crippen MR) is 80.4 cm³/mol. The van der Waals surface area contributed by atoms with Crippen LogP contribution in [0.3, 0.4) is 0 Å². The van der Waals surface area contributed by atoms with E-state index in [1.54, 1.807) is 0 Å². The molecule has 0 amide bonds. The summed E-state index contributed by atoms with van der Waals surface area (Å²) in [5.41, 5.74) is 2.88. The molecule has 0 N–H and O–H groups in total. The molecule has 1 aliphatic rings. The molecule has 1 aromatic heterocycles. The number of aromatic nitrogens is 2. The molecule has 0 bridgehead atoms. The second kappa shape index (κ2) is 4.87. The van der Waals surface area contributed by atoms with Crippen LogP contribution in [0, 0.1) is 18.3 Å².